The molecule has 0 fully saturated rings. The van der Waals surface area contributed by atoms with Crippen LogP contribution in [0.2, 0.25) is 5.02 Å². The van der Waals surface area contributed by atoms with E-state index in [0.29, 0.717) is 15.6 Å². The number of halogens is 2. The van der Waals surface area contributed by atoms with Gasteiger partial charge in [-0.25, -0.2) is 9.37 Å². The zero-order valence-electron chi connectivity index (χ0n) is 9.02. The van der Waals surface area contributed by atoms with Gasteiger partial charge in [0.25, 0.3) is 0 Å². The van der Waals surface area contributed by atoms with E-state index in [9.17, 15) is 9.50 Å². The molecule has 0 saturated heterocycles. The van der Waals surface area contributed by atoms with Crippen molar-refractivity contribution in [3.05, 3.63) is 47.2 Å². The highest BCUT2D eigenvalue weighted by molar-refractivity contribution is 7.21. The third-order valence-electron chi connectivity index (χ3n) is 2.54. The van der Waals surface area contributed by atoms with Crippen LogP contribution in [0.5, 0.6) is 5.75 Å². The third-order valence-corrected chi connectivity index (χ3v) is 3.84. The summed E-state index contributed by atoms with van der Waals surface area (Å²) in [7, 11) is 0. The molecule has 0 aliphatic rings. The first-order valence-electron chi connectivity index (χ1n) is 5.18. The molecule has 1 aromatic heterocycles. The molecule has 2 aromatic carbocycles. The van der Waals surface area contributed by atoms with Crippen molar-refractivity contribution in [1.29, 1.82) is 0 Å². The number of fused-ring (bicyclic) bond motifs is 1. The van der Waals surface area contributed by atoms with Gasteiger partial charge in [0.15, 0.2) is 0 Å². The van der Waals surface area contributed by atoms with Gasteiger partial charge in [-0.3, -0.25) is 0 Å². The first-order chi connectivity index (χ1) is 8.63. The summed E-state index contributed by atoms with van der Waals surface area (Å²) in [6.45, 7) is 0. The fourth-order valence-corrected chi connectivity index (χ4v) is 2.85. The van der Waals surface area contributed by atoms with E-state index in [1.165, 1.54) is 23.5 Å². The van der Waals surface area contributed by atoms with Crippen molar-refractivity contribution in [2.75, 3.05) is 0 Å². The molecule has 1 N–H and O–H groups in total. The number of nitrogens with zero attached hydrogens (tertiary/aromatic N) is 1. The minimum atomic E-state index is -0.472. The van der Waals surface area contributed by atoms with Crippen LogP contribution in [0.1, 0.15) is 0 Å². The summed E-state index contributed by atoms with van der Waals surface area (Å²) in [6, 6.07) is 9.32. The lowest BCUT2D eigenvalue weighted by Gasteiger charge is -1.99. The zero-order valence-corrected chi connectivity index (χ0v) is 10.6. The van der Waals surface area contributed by atoms with Gasteiger partial charge in [0.2, 0.25) is 0 Å². The van der Waals surface area contributed by atoms with Gasteiger partial charge in [0.1, 0.15) is 16.6 Å². The lowest BCUT2D eigenvalue weighted by atomic mass is 10.2. The molecule has 2 nitrogen and oxygen atoms in total. The topological polar surface area (TPSA) is 33.1 Å². The molecule has 0 bridgehead atoms. The molecule has 0 saturated carbocycles. The Morgan fingerprint density at radius 3 is 2.78 bits per heavy atom. The number of phenolic OH excluding ortho intramolecular Hbond substituents is 1. The molecule has 0 spiro atoms. The Morgan fingerprint density at radius 2 is 2.00 bits per heavy atom. The van der Waals surface area contributed by atoms with Crippen LogP contribution in [-0.2, 0) is 0 Å². The standard InChI is InChI=1S/C13H7ClFNOS/c14-7-1-4-12-10(5-7)16-13(18-12)9-3-2-8(15)6-11(9)17/h1-6,17H. The normalized spacial score (nSPS) is 11.0. The van der Waals surface area contributed by atoms with Crippen molar-refractivity contribution in [2.45, 2.75) is 0 Å². The van der Waals surface area contributed by atoms with E-state index < -0.39 is 5.82 Å². The number of aromatic hydroxyl groups is 1. The first kappa shape index (κ1) is 11.4. The fraction of sp³-hybridized carbons (Fsp3) is 0. The number of benzene rings is 2. The first-order valence-corrected chi connectivity index (χ1v) is 6.38. The maximum Gasteiger partial charge on any atom is 0.128 e. The maximum atomic E-state index is 12.9. The predicted molar refractivity (Wildman–Crippen MR) is 71.7 cm³/mol. The predicted octanol–water partition coefficient (Wildman–Crippen LogP) is 4.46. The quantitative estimate of drug-likeness (QED) is 0.713. The van der Waals surface area contributed by atoms with Crippen LogP contribution in [0.4, 0.5) is 4.39 Å². The van der Waals surface area contributed by atoms with Crippen LogP contribution >= 0.6 is 22.9 Å². The summed E-state index contributed by atoms with van der Waals surface area (Å²) in [5.74, 6) is -0.583. The van der Waals surface area contributed by atoms with E-state index in [2.05, 4.69) is 4.98 Å². The van der Waals surface area contributed by atoms with Crippen LogP contribution in [0.3, 0.4) is 0 Å². The van der Waals surface area contributed by atoms with Crippen molar-refractivity contribution < 1.29 is 9.50 Å². The van der Waals surface area contributed by atoms with Crippen molar-refractivity contribution in [3.8, 4) is 16.3 Å². The Bertz CT molecular complexity index is 741. The number of phenols is 1. The Balaban J connectivity index is 2.19. The zero-order chi connectivity index (χ0) is 12.7. The molecule has 0 aliphatic heterocycles. The average molecular weight is 280 g/mol. The van der Waals surface area contributed by atoms with Gasteiger partial charge in [0, 0.05) is 11.1 Å². The summed E-state index contributed by atoms with van der Waals surface area (Å²) >= 11 is 7.32. The highest BCUT2D eigenvalue weighted by Crippen LogP contribution is 2.36. The van der Waals surface area contributed by atoms with Gasteiger partial charge in [-0.1, -0.05) is 11.6 Å². The van der Waals surface area contributed by atoms with E-state index in [1.807, 2.05) is 6.07 Å². The summed E-state index contributed by atoms with van der Waals surface area (Å²) in [4.78, 5) is 4.39. The van der Waals surface area contributed by atoms with Gasteiger partial charge in [-0.2, -0.15) is 0 Å². The smallest absolute Gasteiger partial charge is 0.128 e. The SMILES string of the molecule is Oc1cc(F)ccc1-c1nc2cc(Cl)ccc2s1. The summed E-state index contributed by atoms with van der Waals surface area (Å²) in [5.41, 5.74) is 1.29. The summed E-state index contributed by atoms with van der Waals surface area (Å²) < 4.78 is 13.9. The molecular weight excluding hydrogens is 273 g/mol. The van der Waals surface area contributed by atoms with E-state index in [1.54, 1.807) is 12.1 Å². The molecule has 1 heterocycles. The van der Waals surface area contributed by atoms with Gasteiger partial charge >= 0.3 is 0 Å². The second-order valence-corrected chi connectivity index (χ2v) is 5.26. The number of hydrogen-bond acceptors (Lipinski definition) is 3. The Kier molecular flexibility index (Phi) is 2.69. The molecule has 18 heavy (non-hydrogen) atoms. The highest BCUT2D eigenvalue weighted by Gasteiger charge is 2.11. The summed E-state index contributed by atoms with van der Waals surface area (Å²) in [5, 5.41) is 11.0. The van der Waals surface area contributed by atoms with Crippen LogP contribution < -0.4 is 0 Å². The second kappa shape index (κ2) is 4.23. The van der Waals surface area contributed by atoms with E-state index in [4.69, 9.17) is 11.6 Å². The van der Waals surface area contributed by atoms with Crippen molar-refractivity contribution in [3.63, 3.8) is 0 Å². The van der Waals surface area contributed by atoms with Crippen molar-refractivity contribution in [1.82, 2.24) is 4.98 Å². The Labute approximate surface area is 111 Å². The number of aromatic nitrogens is 1. The van der Waals surface area contributed by atoms with Gasteiger partial charge in [-0.15, -0.1) is 11.3 Å². The van der Waals surface area contributed by atoms with Gasteiger partial charge < -0.3 is 5.11 Å². The summed E-state index contributed by atoms with van der Waals surface area (Å²) in [6.07, 6.45) is 0. The maximum absolute atomic E-state index is 12.9. The fourth-order valence-electron chi connectivity index (χ4n) is 1.70. The molecule has 0 atom stereocenters. The lowest BCUT2D eigenvalue weighted by Crippen LogP contribution is -1.79. The number of rotatable bonds is 1. The highest BCUT2D eigenvalue weighted by atomic mass is 35.5. The second-order valence-electron chi connectivity index (χ2n) is 3.79. The number of hydrogen-bond donors (Lipinski definition) is 1. The molecule has 5 heteroatoms. The molecule has 0 amide bonds. The molecule has 3 aromatic rings. The van der Waals surface area contributed by atoms with Crippen molar-refractivity contribution in [2.24, 2.45) is 0 Å². The largest absolute Gasteiger partial charge is 0.507 e. The molecule has 90 valence electrons. The van der Waals surface area contributed by atoms with Gasteiger partial charge in [-0.05, 0) is 30.3 Å². The Hall–Kier alpha value is -1.65. The third kappa shape index (κ3) is 1.94. The van der Waals surface area contributed by atoms with Crippen LogP contribution in [0.25, 0.3) is 20.8 Å². The minimum absolute atomic E-state index is 0.111. The average Bonchev–Trinajstić information content (AvgIpc) is 2.71. The van der Waals surface area contributed by atoms with Crippen LogP contribution in [0, 0.1) is 5.82 Å². The van der Waals surface area contributed by atoms with E-state index >= 15 is 0 Å². The molecule has 0 unspecified atom stereocenters. The molecule has 3 rings (SSSR count). The molecular formula is C13H7ClFNOS. The van der Waals surface area contributed by atoms with E-state index in [-0.39, 0.29) is 5.75 Å². The Morgan fingerprint density at radius 1 is 1.17 bits per heavy atom. The minimum Gasteiger partial charge on any atom is -0.507 e. The van der Waals surface area contributed by atoms with Crippen molar-refractivity contribution >= 4 is 33.2 Å². The van der Waals surface area contributed by atoms with Gasteiger partial charge in [0.05, 0.1) is 15.8 Å². The molecule has 0 radical (unpaired) electrons. The van der Waals surface area contributed by atoms with E-state index in [0.717, 1.165) is 16.3 Å². The van der Waals surface area contributed by atoms with Crippen LogP contribution in [0.15, 0.2) is 36.4 Å². The number of thiazole rings is 1. The monoisotopic (exact) mass is 279 g/mol. The lowest BCUT2D eigenvalue weighted by molar-refractivity contribution is 0.471. The van der Waals surface area contributed by atoms with Crippen LogP contribution in [-0.4, -0.2) is 10.1 Å². The molecule has 0 aliphatic carbocycles.